The second-order valence-corrected chi connectivity index (χ2v) is 3.91. The molecule has 3 nitrogen and oxygen atoms in total. The molecule has 0 amide bonds. The average molecular weight is 214 g/mol. The fourth-order valence-electron chi connectivity index (χ4n) is 1.27. The van der Waals surface area contributed by atoms with E-state index in [4.69, 9.17) is 0 Å². The number of carbonyl (C=O) groups excluding carboxylic acids is 1. The van der Waals surface area contributed by atoms with E-state index < -0.39 is 6.10 Å². The number of ether oxygens (including phenoxy) is 1. The highest BCUT2D eigenvalue weighted by Gasteiger charge is 2.17. The van der Waals surface area contributed by atoms with Gasteiger partial charge in [-0.05, 0) is 23.4 Å². The zero-order valence-corrected chi connectivity index (χ0v) is 9.13. The number of esters is 1. The molecule has 0 unspecified atom stereocenters. The van der Waals surface area contributed by atoms with Gasteiger partial charge >= 0.3 is 5.97 Å². The van der Waals surface area contributed by atoms with Gasteiger partial charge in [-0.2, -0.15) is 0 Å². The van der Waals surface area contributed by atoms with Crippen LogP contribution in [-0.4, -0.2) is 18.2 Å². The van der Waals surface area contributed by atoms with Crippen molar-refractivity contribution in [1.82, 2.24) is 0 Å². The second-order valence-electron chi connectivity index (χ2n) is 2.96. The highest BCUT2D eigenvalue weighted by atomic mass is 32.1. The summed E-state index contributed by atoms with van der Waals surface area (Å²) in [5.41, 5.74) is 1.10. The fraction of sp³-hybridized carbons (Fsp3) is 0.500. The molecule has 1 rings (SSSR count). The molecule has 0 radical (unpaired) electrons. The highest BCUT2D eigenvalue weighted by Crippen LogP contribution is 2.27. The largest absolute Gasteiger partial charge is 0.469 e. The zero-order chi connectivity index (χ0) is 10.6. The number of aliphatic hydroxyl groups excluding tert-OH is 1. The molecule has 0 aliphatic heterocycles. The first-order valence-electron chi connectivity index (χ1n) is 4.50. The van der Waals surface area contributed by atoms with Crippen LogP contribution in [0.15, 0.2) is 11.4 Å². The van der Waals surface area contributed by atoms with Crippen molar-refractivity contribution in [3.63, 3.8) is 0 Å². The predicted octanol–water partition coefficient (Wildman–Crippen LogP) is 1.91. The lowest BCUT2D eigenvalue weighted by Crippen LogP contribution is -2.08. The van der Waals surface area contributed by atoms with Crippen molar-refractivity contribution in [1.29, 1.82) is 0 Å². The Labute approximate surface area is 87.3 Å². The van der Waals surface area contributed by atoms with Gasteiger partial charge in [-0.1, -0.05) is 6.92 Å². The van der Waals surface area contributed by atoms with E-state index in [0.717, 1.165) is 16.9 Å². The Morgan fingerprint density at radius 2 is 2.43 bits per heavy atom. The third-order valence-electron chi connectivity index (χ3n) is 2.05. The summed E-state index contributed by atoms with van der Waals surface area (Å²) in [6.07, 6.45) is 0.179. The summed E-state index contributed by atoms with van der Waals surface area (Å²) >= 11 is 1.48. The Hall–Kier alpha value is -0.870. The molecule has 1 aromatic rings. The van der Waals surface area contributed by atoms with Crippen LogP contribution >= 0.6 is 11.3 Å². The molecule has 0 bridgehead atoms. The Bertz CT molecular complexity index is 306. The van der Waals surface area contributed by atoms with Gasteiger partial charge in [-0.25, -0.2) is 0 Å². The summed E-state index contributed by atoms with van der Waals surface area (Å²) in [6.45, 7) is 2.02. The minimum absolute atomic E-state index is 0.0318. The van der Waals surface area contributed by atoms with Crippen molar-refractivity contribution in [3.8, 4) is 0 Å². The Morgan fingerprint density at radius 1 is 1.71 bits per heavy atom. The van der Waals surface area contributed by atoms with Crippen molar-refractivity contribution in [2.24, 2.45) is 0 Å². The highest BCUT2D eigenvalue weighted by molar-refractivity contribution is 7.10. The number of thiophene rings is 1. The minimum atomic E-state index is -0.725. The summed E-state index contributed by atoms with van der Waals surface area (Å²) in [5, 5.41) is 11.7. The van der Waals surface area contributed by atoms with Gasteiger partial charge in [0.1, 0.15) is 0 Å². The molecule has 1 heterocycles. The molecule has 0 saturated heterocycles. The van der Waals surface area contributed by atoms with Crippen molar-refractivity contribution in [2.75, 3.05) is 7.11 Å². The van der Waals surface area contributed by atoms with E-state index in [1.807, 2.05) is 18.4 Å². The molecular weight excluding hydrogens is 200 g/mol. The maximum atomic E-state index is 10.9. The first kappa shape index (κ1) is 11.2. The van der Waals surface area contributed by atoms with E-state index >= 15 is 0 Å². The Morgan fingerprint density at radius 3 is 3.00 bits per heavy atom. The number of aliphatic hydroxyl groups is 1. The van der Waals surface area contributed by atoms with Gasteiger partial charge < -0.3 is 9.84 Å². The molecule has 1 N–H and O–H groups in total. The number of rotatable bonds is 4. The predicted molar refractivity (Wildman–Crippen MR) is 55.3 cm³/mol. The van der Waals surface area contributed by atoms with Crippen LogP contribution in [0.4, 0.5) is 0 Å². The van der Waals surface area contributed by atoms with Gasteiger partial charge in [0.15, 0.2) is 0 Å². The van der Waals surface area contributed by atoms with Gasteiger partial charge in [-0.15, -0.1) is 11.3 Å². The maximum Gasteiger partial charge on any atom is 0.308 e. The van der Waals surface area contributed by atoms with E-state index in [1.54, 1.807) is 0 Å². The summed E-state index contributed by atoms with van der Waals surface area (Å²) in [4.78, 5) is 11.8. The van der Waals surface area contributed by atoms with Crippen molar-refractivity contribution in [2.45, 2.75) is 25.9 Å². The number of hydrogen-bond acceptors (Lipinski definition) is 4. The van der Waals surface area contributed by atoms with Crippen LogP contribution in [0.1, 0.15) is 29.9 Å². The zero-order valence-electron chi connectivity index (χ0n) is 8.32. The molecule has 0 saturated carbocycles. The van der Waals surface area contributed by atoms with Gasteiger partial charge in [-0.3, -0.25) is 4.79 Å². The molecule has 0 spiro atoms. The smallest absolute Gasteiger partial charge is 0.308 e. The molecule has 0 aliphatic carbocycles. The van der Waals surface area contributed by atoms with Gasteiger partial charge in [0, 0.05) is 4.88 Å². The molecule has 14 heavy (non-hydrogen) atoms. The van der Waals surface area contributed by atoms with Crippen molar-refractivity contribution >= 4 is 17.3 Å². The maximum absolute atomic E-state index is 10.9. The summed E-state index contributed by atoms with van der Waals surface area (Å²) < 4.78 is 4.50. The average Bonchev–Trinajstić information content (AvgIpc) is 2.65. The number of carbonyl (C=O) groups is 1. The Kier molecular flexibility index (Phi) is 4.10. The minimum Gasteiger partial charge on any atom is -0.469 e. The second kappa shape index (κ2) is 5.12. The quantitative estimate of drug-likeness (QED) is 0.779. The topological polar surface area (TPSA) is 46.5 Å². The molecule has 1 aromatic heterocycles. The molecule has 78 valence electrons. The first-order chi connectivity index (χ1) is 6.69. The lowest BCUT2D eigenvalue weighted by Gasteiger charge is -2.08. The third kappa shape index (κ3) is 2.56. The van der Waals surface area contributed by atoms with Crippen LogP contribution < -0.4 is 0 Å². The van der Waals surface area contributed by atoms with Gasteiger partial charge in [0.2, 0.25) is 0 Å². The van der Waals surface area contributed by atoms with E-state index in [0.29, 0.717) is 0 Å². The van der Waals surface area contributed by atoms with E-state index in [2.05, 4.69) is 4.74 Å². The SMILES string of the molecule is CCc1ccsc1[C@H](O)CC(=O)OC. The van der Waals surface area contributed by atoms with Gasteiger partial charge in [0.25, 0.3) is 0 Å². The first-order valence-corrected chi connectivity index (χ1v) is 5.38. The van der Waals surface area contributed by atoms with Crippen molar-refractivity contribution < 1.29 is 14.6 Å². The molecule has 0 fully saturated rings. The molecule has 0 aliphatic rings. The number of methoxy groups -OCH3 is 1. The monoisotopic (exact) mass is 214 g/mol. The van der Waals surface area contributed by atoms with Gasteiger partial charge in [0.05, 0.1) is 19.6 Å². The molecule has 1 atom stereocenters. The summed E-state index contributed by atoms with van der Waals surface area (Å²) in [5.74, 6) is -0.382. The normalized spacial score (nSPS) is 12.5. The van der Waals surface area contributed by atoms with E-state index in [9.17, 15) is 9.90 Å². The number of aryl methyl sites for hydroxylation is 1. The lowest BCUT2D eigenvalue weighted by atomic mass is 10.1. The van der Waals surface area contributed by atoms with Crippen LogP contribution in [0.25, 0.3) is 0 Å². The van der Waals surface area contributed by atoms with Crippen LogP contribution in [0.3, 0.4) is 0 Å². The van der Waals surface area contributed by atoms with Crippen LogP contribution in [0.5, 0.6) is 0 Å². The Balaban J connectivity index is 2.68. The molecule has 4 heteroatoms. The summed E-state index contributed by atoms with van der Waals surface area (Å²) in [6, 6.07) is 1.97. The fourth-order valence-corrected chi connectivity index (χ4v) is 2.25. The summed E-state index contributed by atoms with van der Waals surface area (Å²) in [7, 11) is 1.32. The lowest BCUT2D eigenvalue weighted by molar-refractivity contribution is -0.142. The van der Waals surface area contributed by atoms with Crippen molar-refractivity contribution in [3.05, 3.63) is 21.9 Å². The number of hydrogen-bond donors (Lipinski definition) is 1. The standard InChI is InChI=1S/C10H14O3S/c1-3-7-4-5-14-10(7)8(11)6-9(12)13-2/h4-5,8,11H,3,6H2,1-2H3/t8-/m1/s1. The third-order valence-corrected chi connectivity index (χ3v) is 3.11. The molecular formula is C10H14O3S. The van der Waals surface area contributed by atoms with Crippen LogP contribution in [0.2, 0.25) is 0 Å². The van der Waals surface area contributed by atoms with E-state index in [1.165, 1.54) is 18.4 Å². The van der Waals surface area contributed by atoms with Crippen LogP contribution in [-0.2, 0) is 16.0 Å². The van der Waals surface area contributed by atoms with Crippen LogP contribution in [0, 0.1) is 0 Å². The van der Waals surface area contributed by atoms with E-state index in [-0.39, 0.29) is 12.4 Å². The molecule has 0 aromatic carbocycles.